The number of aryl methyl sites for hydroxylation is 2. The van der Waals surface area contributed by atoms with Crippen LogP contribution in [-0.2, 0) is 11.3 Å². The van der Waals surface area contributed by atoms with Gasteiger partial charge in [0.1, 0.15) is 21.9 Å². The van der Waals surface area contributed by atoms with Crippen LogP contribution in [0.25, 0.3) is 21.5 Å². The van der Waals surface area contributed by atoms with Crippen molar-refractivity contribution in [3.63, 3.8) is 0 Å². The summed E-state index contributed by atoms with van der Waals surface area (Å²) in [6.07, 6.45) is 1.48. The number of carbonyl (C=O) groups excluding carboxylic acids is 2. The molecule has 0 unspecified atom stereocenters. The lowest BCUT2D eigenvalue weighted by Gasteiger charge is -2.11. The number of fused-ring (bicyclic) bond motifs is 1. The number of amides is 1. The van der Waals surface area contributed by atoms with Gasteiger partial charge in [-0.2, -0.15) is 0 Å². The number of nitrogens with one attached hydrogen (secondary N) is 1. The molecule has 0 saturated heterocycles. The van der Waals surface area contributed by atoms with Crippen molar-refractivity contribution >= 4 is 39.9 Å². The highest BCUT2D eigenvalue weighted by Gasteiger charge is 2.23. The molecule has 0 saturated carbocycles. The summed E-state index contributed by atoms with van der Waals surface area (Å²) in [7, 11) is 0. The van der Waals surface area contributed by atoms with E-state index in [0.717, 1.165) is 17.0 Å². The van der Waals surface area contributed by atoms with Crippen LogP contribution < -0.4 is 10.7 Å². The molecule has 3 heterocycles. The molecule has 0 aliphatic heterocycles. The van der Waals surface area contributed by atoms with Crippen molar-refractivity contribution in [2.45, 2.75) is 27.3 Å². The molecule has 9 heteroatoms. The van der Waals surface area contributed by atoms with Gasteiger partial charge in [-0.1, -0.05) is 12.1 Å². The first-order chi connectivity index (χ1) is 16.3. The van der Waals surface area contributed by atoms with Crippen molar-refractivity contribution in [3.8, 4) is 10.4 Å². The summed E-state index contributed by atoms with van der Waals surface area (Å²) in [5.41, 5.74) is 1.65. The summed E-state index contributed by atoms with van der Waals surface area (Å²) in [6.45, 7) is 6.07. The van der Waals surface area contributed by atoms with Crippen molar-refractivity contribution in [1.29, 1.82) is 0 Å². The minimum atomic E-state index is -0.649. The molecule has 3 aromatic heterocycles. The highest BCUT2D eigenvalue weighted by atomic mass is 32.1. The van der Waals surface area contributed by atoms with Crippen LogP contribution in [0.1, 0.15) is 39.6 Å². The van der Waals surface area contributed by atoms with E-state index in [1.165, 1.54) is 18.3 Å². The minimum absolute atomic E-state index is 0.0654. The molecule has 1 amide bonds. The van der Waals surface area contributed by atoms with Gasteiger partial charge in [-0.05, 0) is 56.7 Å². The maximum absolute atomic E-state index is 13.3. The average Bonchev–Trinajstić information content (AvgIpc) is 3.23. The monoisotopic (exact) mass is 479 g/mol. The van der Waals surface area contributed by atoms with E-state index >= 15 is 0 Å². The van der Waals surface area contributed by atoms with Crippen LogP contribution in [0.3, 0.4) is 0 Å². The van der Waals surface area contributed by atoms with Crippen LogP contribution in [0.5, 0.6) is 0 Å². The molecule has 0 fully saturated rings. The number of nitrogens with zero attached hydrogens (tertiary/aromatic N) is 2. The predicted molar refractivity (Wildman–Crippen MR) is 130 cm³/mol. The van der Waals surface area contributed by atoms with E-state index in [1.807, 2.05) is 13.8 Å². The number of rotatable bonds is 6. The molecule has 0 radical (unpaired) electrons. The number of aromatic nitrogens is 2. The number of halogens is 1. The highest BCUT2D eigenvalue weighted by molar-refractivity contribution is 7.18. The Bertz CT molecular complexity index is 1460. The lowest BCUT2D eigenvalue weighted by Crippen LogP contribution is -2.24. The molecular formula is C25H22FN3O4S. The molecule has 34 heavy (non-hydrogen) atoms. The third-order valence-electron chi connectivity index (χ3n) is 5.22. The van der Waals surface area contributed by atoms with Gasteiger partial charge in [-0.15, -0.1) is 11.3 Å². The molecule has 0 atom stereocenters. The maximum Gasteiger partial charge on any atom is 0.350 e. The number of carbonyl (C=O) groups is 2. The zero-order chi connectivity index (χ0) is 24.4. The molecule has 0 aliphatic carbocycles. The lowest BCUT2D eigenvalue weighted by molar-refractivity contribution is 0.0533. The van der Waals surface area contributed by atoms with Gasteiger partial charge in [0, 0.05) is 23.3 Å². The first-order valence-electron chi connectivity index (χ1n) is 10.7. The molecule has 1 aromatic carbocycles. The van der Waals surface area contributed by atoms with E-state index in [1.54, 1.807) is 41.8 Å². The third-order valence-corrected chi connectivity index (χ3v) is 6.38. The van der Waals surface area contributed by atoms with Crippen molar-refractivity contribution < 1.29 is 18.7 Å². The molecule has 7 nitrogen and oxygen atoms in total. The minimum Gasteiger partial charge on any atom is -0.462 e. The predicted octanol–water partition coefficient (Wildman–Crippen LogP) is 5.02. The summed E-state index contributed by atoms with van der Waals surface area (Å²) < 4.78 is 20.2. The number of thiophene rings is 1. The first-order valence-corrected chi connectivity index (χ1v) is 11.5. The Labute approximate surface area is 198 Å². The normalized spacial score (nSPS) is 10.9. The van der Waals surface area contributed by atoms with Crippen molar-refractivity contribution in [1.82, 2.24) is 9.55 Å². The van der Waals surface area contributed by atoms with Gasteiger partial charge in [0.05, 0.1) is 17.7 Å². The number of benzene rings is 1. The average molecular weight is 480 g/mol. The van der Waals surface area contributed by atoms with Gasteiger partial charge in [-0.25, -0.2) is 14.2 Å². The van der Waals surface area contributed by atoms with E-state index < -0.39 is 17.3 Å². The third kappa shape index (κ3) is 4.47. The molecule has 0 bridgehead atoms. The van der Waals surface area contributed by atoms with E-state index in [4.69, 9.17) is 4.74 Å². The number of anilines is 1. The Morgan fingerprint density at radius 1 is 1.15 bits per heavy atom. The number of pyridine rings is 2. The second kappa shape index (κ2) is 9.56. The zero-order valence-corrected chi connectivity index (χ0v) is 19.7. The highest BCUT2D eigenvalue weighted by Crippen LogP contribution is 2.35. The Morgan fingerprint density at radius 3 is 2.56 bits per heavy atom. The molecule has 0 spiro atoms. The van der Waals surface area contributed by atoms with E-state index in [9.17, 15) is 18.8 Å². The molecule has 174 valence electrons. The number of hydrogen-bond acceptors (Lipinski definition) is 6. The summed E-state index contributed by atoms with van der Waals surface area (Å²) in [4.78, 5) is 44.1. The molecular weight excluding hydrogens is 457 g/mol. The topological polar surface area (TPSA) is 90.3 Å². The molecule has 4 rings (SSSR count). The molecule has 0 aliphatic rings. The smallest absolute Gasteiger partial charge is 0.350 e. The van der Waals surface area contributed by atoms with Gasteiger partial charge >= 0.3 is 5.97 Å². The zero-order valence-electron chi connectivity index (χ0n) is 18.8. The van der Waals surface area contributed by atoms with Crippen LogP contribution in [0.4, 0.5) is 10.1 Å². The van der Waals surface area contributed by atoms with E-state index in [2.05, 4.69) is 10.3 Å². The summed E-state index contributed by atoms with van der Waals surface area (Å²) >= 11 is 1.11. The van der Waals surface area contributed by atoms with Crippen LogP contribution in [0.15, 0.2) is 53.5 Å². The second-order valence-electron chi connectivity index (χ2n) is 7.52. The summed E-state index contributed by atoms with van der Waals surface area (Å²) in [5.74, 6) is -1.63. The van der Waals surface area contributed by atoms with Gasteiger partial charge in [-0.3, -0.25) is 9.59 Å². The fourth-order valence-electron chi connectivity index (χ4n) is 3.54. The summed E-state index contributed by atoms with van der Waals surface area (Å²) in [6, 6.07) is 10.8. The van der Waals surface area contributed by atoms with E-state index in [-0.39, 0.29) is 28.6 Å². The van der Waals surface area contributed by atoms with Crippen LogP contribution in [-0.4, -0.2) is 28.0 Å². The van der Waals surface area contributed by atoms with Crippen LogP contribution in [0.2, 0.25) is 0 Å². The van der Waals surface area contributed by atoms with Gasteiger partial charge in [0.15, 0.2) is 0 Å². The number of esters is 1. The maximum atomic E-state index is 13.3. The van der Waals surface area contributed by atoms with Crippen LogP contribution >= 0.6 is 11.3 Å². The van der Waals surface area contributed by atoms with Gasteiger partial charge < -0.3 is 14.6 Å². The molecule has 4 aromatic rings. The standard InChI is InChI=1S/C25H22FN3O4S/c1-4-29-13-18(21(30)17-11-6-14(3)27-23(17)29)24(31)28-19-12-20(15-7-9-16(26)10-8-15)34-22(19)25(32)33-5-2/h6-13H,4-5H2,1-3H3,(H,28,31). The Balaban J connectivity index is 1.76. The van der Waals surface area contributed by atoms with E-state index in [0.29, 0.717) is 28.0 Å². The van der Waals surface area contributed by atoms with Crippen molar-refractivity contribution in [2.75, 3.05) is 11.9 Å². The van der Waals surface area contributed by atoms with Crippen molar-refractivity contribution in [3.05, 3.63) is 80.8 Å². The first kappa shape index (κ1) is 23.3. The summed E-state index contributed by atoms with van der Waals surface area (Å²) in [5, 5.41) is 3.03. The Kier molecular flexibility index (Phi) is 6.56. The largest absolute Gasteiger partial charge is 0.462 e. The number of ether oxygens (including phenoxy) is 1. The molecule has 1 N–H and O–H groups in total. The second-order valence-corrected chi connectivity index (χ2v) is 8.57. The fourth-order valence-corrected chi connectivity index (χ4v) is 4.55. The number of hydrogen-bond donors (Lipinski definition) is 1. The lowest BCUT2D eigenvalue weighted by atomic mass is 10.1. The Morgan fingerprint density at radius 2 is 1.88 bits per heavy atom. The van der Waals surface area contributed by atoms with Gasteiger partial charge in [0.25, 0.3) is 5.91 Å². The fraction of sp³-hybridized carbons (Fsp3) is 0.200. The van der Waals surface area contributed by atoms with Crippen molar-refractivity contribution in [2.24, 2.45) is 0 Å². The van der Waals surface area contributed by atoms with Crippen LogP contribution in [0, 0.1) is 12.7 Å². The SMILES string of the molecule is CCOC(=O)c1sc(-c2ccc(F)cc2)cc1NC(=O)c1cn(CC)c2nc(C)ccc2c1=O. The quantitative estimate of drug-likeness (QED) is 0.392. The van der Waals surface area contributed by atoms with Gasteiger partial charge in [0.2, 0.25) is 5.43 Å². The Hall–Kier alpha value is -3.85.